The van der Waals surface area contributed by atoms with E-state index in [0.717, 1.165) is 12.1 Å². The molecule has 3 N–H and O–H groups in total. The lowest BCUT2D eigenvalue weighted by Gasteiger charge is -2.13. The zero-order valence-corrected chi connectivity index (χ0v) is 10.4. The van der Waals surface area contributed by atoms with Crippen LogP contribution in [-0.4, -0.2) is 22.4 Å². The number of para-hydroxylation sites is 1. The van der Waals surface area contributed by atoms with Gasteiger partial charge in [0.2, 0.25) is 0 Å². The number of nitrogens with two attached hydrogens (primary N) is 1. The average molecular weight is 298 g/mol. The number of carboxylic acid groups (broad SMARTS) is 1. The normalized spacial score (nSPS) is 11.2. The minimum Gasteiger partial charge on any atom is -0.478 e. The Morgan fingerprint density at radius 3 is 2.57 bits per heavy atom. The highest BCUT2D eigenvalue weighted by Crippen LogP contribution is 2.34. The van der Waals surface area contributed by atoms with Gasteiger partial charge in [0.25, 0.3) is 0 Å². The molecule has 1 heterocycles. The van der Waals surface area contributed by atoms with Gasteiger partial charge in [-0.3, -0.25) is 0 Å². The summed E-state index contributed by atoms with van der Waals surface area (Å²) in [5.41, 5.74) is 5.32. The minimum atomic E-state index is -4.85. The Hall–Kier alpha value is -2.77. The molecule has 0 radical (unpaired) electrons. The highest BCUT2D eigenvalue weighted by Gasteiger charge is 2.32. The molecular weight excluding hydrogens is 289 g/mol. The van der Waals surface area contributed by atoms with E-state index in [1.165, 1.54) is 24.4 Å². The maximum Gasteiger partial charge on any atom is 0.573 e. The summed E-state index contributed by atoms with van der Waals surface area (Å²) in [5, 5.41) is 8.96. The lowest BCUT2D eigenvalue weighted by molar-refractivity contribution is -0.274. The number of carboxylic acids is 1. The first-order valence-corrected chi connectivity index (χ1v) is 5.62. The van der Waals surface area contributed by atoms with Crippen LogP contribution < -0.4 is 10.5 Å². The number of ether oxygens (including phenoxy) is 1. The van der Waals surface area contributed by atoms with E-state index in [1.807, 2.05) is 0 Å². The zero-order valence-electron chi connectivity index (χ0n) is 10.4. The molecule has 1 aromatic heterocycles. The smallest absolute Gasteiger partial charge is 0.478 e. The number of rotatable bonds is 3. The van der Waals surface area contributed by atoms with Crippen LogP contribution in [0.3, 0.4) is 0 Å². The second-order valence-electron chi connectivity index (χ2n) is 4.01. The van der Waals surface area contributed by atoms with E-state index in [0.29, 0.717) is 0 Å². The highest BCUT2D eigenvalue weighted by molar-refractivity contribution is 5.94. The van der Waals surface area contributed by atoms with E-state index in [4.69, 9.17) is 10.8 Å². The summed E-state index contributed by atoms with van der Waals surface area (Å²) in [6, 6.07) is 6.49. The molecular formula is C13H9F3N2O3. The number of halogens is 3. The van der Waals surface area contributed by atoms with Gasteiger partial charge < -0.3 is 15.6 Å². The van der Waals surface area contributed by atoms with Gasteiger partial charge in [-0.15, -0.1) is 13.2 Å². The summed E-state index contributed by atoms with van der Waals surface area (Å²) in [7, 11) is 0. The number of carbonyl (C=O) groups is 1. The molecule has 5 nitrogen and oxygen atoms in total. The monoisotopic (exact) mass is 298 g/mol. The molecule has 0 atom stereocenters. The predicted octanol–water partition coefficient (Wildman–Crippen LogP) is 2.93. The molecule has 0 spiro atoms. The number of hydrogen-bond donors (Lipinski definition) is 2. The lowest BCUT2D eigenvalue weighted by Crippen LogP contribution is -2.17. The molecule has 2 aromatic rings. The Morgan fingerprint density at radius 1 is 1.29 bits per heavy atom. The van der Waals surface area contributed by atoms with Crippen molar-refractivity contribution in [3.05, 3.63) is 42.1 Å². The second-order valence-corrected chi connectivity index (χ2v) is 4.01. The van der Waals surface area contributed by atoms with Crippen molar-refractivity contribution in [3.8, 4) is 16.9 Å². The van der Waals surface area contributed by atoms with Crippen LogP contribution in [0.4, 0.5) is 19.0 Å². The largest absolute Gasteiger partial charge is 0.573 e. The van der Waals surface area contributed by atoms with Crippen LogP contribution in [0.1, 0.15) is 10.4 Å². The summed E-state index contributed by atoms with van der Waals surface area (Å²) in [6.07, 6.45) is -3.67. The highest BCUT2D eigenvalue weighted by atomic mass is 19.4. The fourth-order valence-corrected chi connectivity index (χ4v) is 1.71. The number of benzene rings is 1. The average Bonchev–Trinajstić information content (AvgIpc) is 2.38. The number of aromatic nitrogens is 1. The van der Waals surface area contributed by atoms with E-state index < -0.39 is 18.1 Å². The van der Waals surface area contributed by atoms with Crippen LogP contribution in [0.25, 0.3) is 11.1 Å². The van der Waals surface area contributed by atoms with E-state index in [2.05, 4.69) is 9.72 Å². The van der Waals surface area contributed by atoms with Gasteiger partial charge in [-0.2, -0.15) is 0 Å². The number of hydrogen-bond acceptors (Lipinski definition) is 4. The number of nitrogens with zero attached hydrogens (tertiary/aromatic N) is 1. The van der Waals surface area contributed by atoms with Gasteiger partial charge >= 0.3 is 12.3 Å². The minimum absolute atomic E-state index is 0.0600. The lowest BCUT2D eigenvalue weighted by atomic mass is 10.0. The quantitative estimate of drug-likeness (QED) is 0.910. The van der Waals surface area contributed by atoms with E-state index in [9.17, 15) is 18.0 Å². The number of anilines is 1. The number of alkyl halides is 3. The first-order chi connectivity index (χ1) is 9.78. The van der Waals surface area contributed by atoms with Gasteiger partial charge in [-0.25, -0.2) is 9.78 Å². The van der Waals surface area contributed by atoms with Gasteiger partial charge in [0, 0.05) is 17.3 Å². The van der Waals surface area contributed by atoms with Crippen molar-refractivity contribution >= 4 is 11.8 Å². The van der Waals surface area contributed by atoms with E-state index in [1.54, 1.807) is 0 Å². The molecule has 2 rings (SSSR count). The third kappa shape index (κ3) is 3.41. The van der Waals surface area contributed by atoms with Crippen molar-refractivity contribution in [1.29, 1.82) is 0 Å². The SMILES string of the molecule is Nc1ncc(-c2ccccc2OC(F)(F)F)cc1C(=O)O. The molecule has 21 heavy (non-hydrogen) atoms. The van der Waals surface area contributed by atoms with Gasteiger partial charge in [0.15, 0.2) is 0 Å². The fraction of sp³-hybridized carbons (Fsp3) is 0.0769. The molecule has 8 heteroatoms. The zero-order chi connectivity index (χ0) is 15.6. The summed E-state index contributed by atoms with van der Waals surface area (Å²) < 4.78 is 41.0. The van der Waals surface area contributed by atoms with Gasteiger partial charge in [-0.1, -0.05) is 18.2 Å². The number of pyridine rings is 1. The van der Waals surface area contributed by atoms with Crippen LogP contribution in [0.5, 0.6) is 5.75 Å². The molecule has 0 aliphatic rings. The van der Waals surface area contributed by atoms with Crippen molar-refractivity contribution in [2.45, 2.75) is 6.36 Å². The standard InChI is InChI=1S/C13H9F3N2O3/c14-13(15,16)21-10-4-2-1-3-8(10)7-5-9(12(19)20)11(17)18-6-7/h1-6H,(H2,17,18)(H,19,20). The van der Waals surface area contributed by atoms with Crippen molar-refractivity contribution in [3.63, 3.8) is 0 Å². The van der Waals surface area contributed by atoms with Crippen LogP contribution in [0.15, 0.2) is 36.5 Å². The van der Waals surface area contributed by atoms with Crippen LogP contribution in [-0.2, 0) is 0 Å². The van der Waals surface area contributed by atoms with Crippen LogP contribution >= 0.6 is 0 Å². The molecule has 0 bridgehead atoms. The molecule has 0 saturated heterocycles. The molecule has 0 aliphatic carbocycles. The third-order valence-corrected chi connectivity index (χ3v) is 2.57. The summed E-state index contributed by atoms with van der Waals surface area (Å²) in [5.74, 6) is -2.00. The molecule has 110 valence electrons. The molecule has 0 fully saturated rings. The maximum absolute atomic E-state index is 12.4. The fourth-order valence-electron chi connectivity index (χ4n) is 1.71. The Morgan fingerprint density at radius 2 is 1.95 bits per heavy atom. The molecule has 0 aliphatic heterocycles. The second kappa shape index (κ2) is 5.31. The molecule has 1 aromatic carbocycles. The van der Waals surface area contributed by atoms with Gasteiger partial charge in [0.05, 0.1) is 0 Å². The molecule has 0 unspecified atom stereocenters. The van der Waals surface area contributed by atoms with Crippen molar-refractivity contribution in [2.24, 2.45) is 0 Å². The van der Waals surface area contributed by atoms with E-state index in [-0.39, 0.29) is 22.5 Å². The number of nitrogen functional groups attached to an aromatic ring is 1. The first-order valence-electron chi connectivity index (χ1n) is 5.62. The first kappa shape index (κ1) is 14.6. The molecule has 0 amide bonds. The molecule has 0 saturated carbocycles. The summed E-state index contributed by atoms with van der Waals surface area (Å²) >= 11 is 0. The Labute approximate surface area is 116 Å². The van der Waals surface area contributed by atoms with Gasteiger partial charge in [0.1, 0.15) is 17.1 Å². The van der Waals surface area contributed by atoms with Crippen LogP contribution in [0.2, 0.25) is 0 Å². The summed E-state index contributed by atoms with van der Waals surface area (Å²) in [4.78, 5) is 14.7. The topological polar surface area (TPSA) is 85.4 Å². The third-order valence-electron chi connectivity index (χ3n) is 2.57. The Bertz CT molecular complexity index is 687. The Balaban J connectivity index is 2.52. The Kier molecular flexibility index (Phi) is 3.70. The van der Waals surface area contributed by atoms with Crippen LogP contribution in [0, 0.1) is 0 Å². The predicted molar refractivity (Wildman–Crippen MR) is 67.7 cm³/mol. The van der Waals surface area contributed by atoms with Crippen molar-refractivity contribution < 1.29 is 27.8 Å². The summed E-state index contributed by atoms with van der Waals surface area (Å²) in [6.45, 7) is 0. The maximum atomic E-state index is 12.4. The van der Waals surface area contributed by atoms with Gasteiger partial charge in [-0.05, 0) is 12.1 Å². The van der Waals surface area contributed by atoms with Crippen molar-refractivity contribution in [2.75, 3.05) is 5.73 Å². The van der Waals surface area contributed by atoms with E-state index >= 15 is 0 Å². The number of aromatic carboxylic acids is 1. The van der Waals surface area contributed by atoms with Crippen molar-refractivity contribution in [1.82, 2.24) is 4.98 Å².